The Morgan fingerprint density at radius 3 is 2.48 bits per heavy atom. The first-order chi connectivity index (χ1) is 10.2. The van der Waals surface area contributed by atoms with Crippen LogP contribution in [0.3, 0.4) is 0 Å². The highest BCUT2D eigenvalue weighted by atomic mass is 16.2. The summed E-state index contributed by atoms with van der Waals surface area (Å²) in [4.78, 5) is 12.0. The van der Waals surface area contributed by atoms with Crippen molar-refractivity contribution in [2.45, 2.75) is 51.0 Å². The molecule has 0 aliphatic heterocycles. The average Bonchev–Trinajstić information content (AvgIpc) is 2.52. The number of nitriles is 2. The Morgan fingerprint density at radius 2 is 1.76 bits per heavy atom. The molecule has 0 aromatic carbocycles. The van der Waals surface area contributed by atoms with Crippen molar-refractivity contribution in [2.24, 2.45) is 17.6 Å². The number of carbonyl (C=O) groups is 1. The number of nitrogens with zero attached hydrogens (tertiary/aromatic N) is 2. The molecule has 2 amide bonds. The predicted molar refractivity (Wildman–Crippen MR) is 77.2 cm³/mol. The number of rotatable bonds is 2. The van der Waals surface area contributed by atoms with Crippen molar-refractivity contribution in [3.63, 3.8) is 0 Å². The Balaban J connectivity index is 1.96. The number of carbonyl (C=O) groups excluding carboxylic acids is 1. The van der Waals surface area contributed by atoms with E-state index in [-0.39, 0.29) is 17.4 Å². The van der Waals surface area contributed by atoms with Crippen LogP contribution in [0.15, 0.2) is 11.4 Å². The maximum Gasteiger partial charge on any atom is 0.320 e. The first kappa shape index (κ1) is 15.2. The smallest absolute Gasteiger partial charge is 0.320 e. The molecule has 0 saturated heterocycles. The lowest BCUT2D eigenvalue weighted by Gasteiger charge is -2.41. The number of nitrogens with two attached hydrogens (primary N) is 1. The summed E-state index contributed by atoms with van der Waals surface area (Å²) in [5.41, 5.74) is 4.91. The molecule has 0 aromatic heterocycles. The van der Waals surface area contributed by atoms with Crippen LogP contribution in [0.1, 0.15) is 44.9 Å². The van der Waals surface area contributed by atoms with Gasteiger partial charge in [-0.2, -0.15) is 10.5 Å². The second-order valence-corrected chi connectivity index (χ2v) is 5.86. The van der Waals surface area contributed by atoms with Gasteiger partial charge in [0.15, 0.2) is 5.70 Å². The van der Waals surface area contributed by atoms with Gasteiger partial charge in [-0.1, -0.05) is 32.1 Å². The lowest BCUT2D eigenvalue weighted by molar-refractivity contribution is 0.129. The Bertz CT molecular complexity index is 511. The third-order valence-electron chi connectivity index (χ3n) is 4.63. The van der Waals surface area contributed by atoms with Crippen LogP contribution >= 0.6 is 0 Å². The highest BCUT2D eigenvalue weighted by Crippen LogP contribution is 2.40. The normalized spacial score (nSPS) is 29.1. The minimum Gasteiger partial charge on any atom is -0.388 e. The van der Waals surface area contributed by atoms with Crippen LogP contribution in [0.5, 0.6) is 0 Å². The van der Waals surface area contributed by atoms with Gasteiger partial charge in [-0.3, -0.25) is 5.32 Å². The molecule has 0 aromatic rings. The summed E-state index contributed by atoms with van der Waals surface area (Å²) < 4.78 is 0. The van der Waals surface area contributed by atoms with E-state index in [0.29, 0.717) is 11.8 Å². The lowest BCUT2D eigenvalue weighted by atomic mass is 9.68. The van der Waals surface area contributed by atoms with Gasteiger partial charge in [0.25, 0.3) is 0 Å². The van der Waals surface area contributed by atoms with Gasteiger partial charge in [-0.05, 0) is 24.7 Å². The molecule has 3 atom stereocenters. The van der Waals surface area contributed by atoms with Gasteiger partial charge in [0, 0.05) is 6.04 Å². The van der Waals surface area contributed by atoms with E-state index in [1.807, 2.05) is 0 Å². The fourth-order valence-corrected chi connectivity index (χ4v) is 3.65. The van der Waals surface area contributed by atoms with E-state index >= 15 is 0 Å². The zero-order chi connectivity index (χ0) is 15.2. The van der Waals surface area contributed by atoms with Gasteiger partial charge >= 0.3 is 6.03 Å². The SMILES string of the molecule is N#CC(N)=C(C#N)NC(=O)NC1CCCC2CCCCC21. The Kier molecular flexibility index (Phi) is 5.05. The van der Waals surface area contributed by atoms with Crippen LogP contribution in [0, 0.1) is 34.5 Å². The van der Waals surface area contributed by atoms with Crippen molar-refractivity contribution in [3.05, 3.63) is 11.4 Å². The molecule has 0 radical (unpaired) electrons. The van der Waals surface area contributed by atoms with E-state index in [4.69, 9.17) is 16.3 Å². The third kappa shape index (κ3) is 3.66. The predicted octanol–water partition coefficient (Wildman–Crippen LogP) is 1.86. The molecule has 21 heavy (non-hydrogen) atoms. The standard InChI is InChI=1S/C15H21N5O/c16-8-12(18)14(9-17)20-15(21)19-13-7-3-5-10-4-1-2-6-11(10)13/h10-11,13H,1-7,18H2,(H2,19,20,21). The third-order valence-corrected chi connectivity index (χ3v) is 4.63. The minimum absolute atomic E-state index is 0.160. The molecule has 2 fully saturated rings. The summed E-state index contributed by atoms with van der Waals surface area (Å²) in [6.45, 7) is 0. The van der Waals surface area contributed by atoms with Crippen molar-refractivity contribution < 1.29 is 4.79 Å². The molecule has 2 rings (SSSR count). The van der Waals surface area contributed by atoms with Gasteiger partial charge in [-0.15, -0.1) is 0 Å². The first-order valence-corrected chi connectivity index (χ1v) is 7.53. The molecule has 0 heterocycles. The van der Waals surface area contributed by atoms with E-state index in [1.165, 1.54) is 25.7 Å². The van der Waals surface area contributed by atoms with Crippen molar-refractivity contribution in [1.29, 1.82) is 10.5 Å². The average molecular weight is 287 g/mol. The molecule has 4 N–H and O–H groups in total. The summed E-state index contributed by atoms with van der Waals surface area (Å²) in [6.07, 6.45) is 8.31. The Labute approximate surface area is 125 Å². The number of allylic oxidation sites excluding steroid dienone is 2. The minimum atomic E-state index is -0.444. The summed E-state index contributed by atoms with van der Waals surface area (Å²) in [7, 11) is 0. The number of amides is 2. The largest absolute Gasteiger partial charge is 0.388 e. The molecule has 0 bridgehead atoms. The Hall–Kier alpha value is -2.21. The van der Waals surface area contributed by atoms with Crippen LogP contribution in [0.4, 0.5) is 4.79 Å². The number of hydrogen-bond acceptors (Lipinski definition) is 4. The molecular formula is C15H21N5O. The van der Waals surface area contributed by atoms with Gasteiger partial charge in [0.1, 0.15) is 17.8 Å². The Morgan fingerprint density at radius 1 is 1.05 bits per heavy atom. The summed E-state index contributed by atoms with van der Waals surface area (Å²) in [6, 6.07) is 3.12. The van der Waals surface area contributed by atoms with Gasteiger partial charge in [-0.25, -0.2) is 4.79 Å². The van der Waals surface area contributed by atoms with Crippen molar-refractivity contribution in [3.8, 4) is 12.1 Å². The molecule has 2 aliphatic carbocycles. The maximum atomic E-state index is 12.0. The van der Waals surface area contributed by atoms with Crippen molar-refractivity contribution in [2.75, 3.05) is 0 Å². The van der Waals surface area contributed by atoms with Crippen molar-refractivity contribution >= 4 is 6.03 Å². The highest BCUT2D eigenvalue weighted by Gasteiger charge is 2.35. The molecule has 2 saturated carbocycles. The monoisotopic (exact) mass is 287 g/mol. The molecule has 112 valence electrons. The van der Waals surface area contributed by atoms with Crippen LogP contribution < -0.4 is 16.4 Å². The van der Waals surface area contributed by atoms with Gasteiger partial charge in [0.05, 0.1) is 0 Å². The summed E-state index contributed by atoms with van der Waals surface area (Å²) in [5, 5.41) is 22.9. The van der Waals surface area contributed by atoms with Crippen LogP contribution in [-0.2, 0) is 0 Å². The van der Waals surface area contributed by atoms with Crippen LogP contribution in [0.25, 0.3) is 0 Å². The maximum absolute atomic E-state index is 12.0. The number of nitrogens with one attached hydrogen (secondary N) is 2. The summed E-state index contributed by atoms with van der Waals surface area (Å²) >= 11 is 0. The lowest BCUT2D eigenvalue weighted by Crippen LogP contribution is -2.49. The van der Waals surface area contributed by atoms with E-state index in [1.54, 1.807) is 12.1 Å². The van der Waals surface area contributed by atoms with Crippen LogP contribution in [-0.4, -0.2) is 12.1 Å². The molecule has 3 unspecified atom stereocenters. The second-order valence-electron chi connectivity index (χ2n) is 5.86. The number of fused-ring (bicyclic) bond motifs is 1. The van der Waals surface area contributed by atoms with Gasteiger partial charge < -0.3 is 11.1 Å². The number of hydrogen-bond donors (Lipinski definition) is 3. The second kappa shape index (κ2) is 6.99. The first-order valence-electron chi connectivity index (χ1n) is 7.53. The van der Waals surface area contributed by atoms with E-state index in [9.17, 15) is 4.79 Å². The zero-order valence-corrected chi connectivity index (χ0v) is 12.1. The van der Waals surface area contributed by atoms with E-state index in [2.05, 4.69) is 10.6 Å². The van der Waals surface area contributed by atoms with Crippen molar-refractivity contribution in [1.82, 2.24) is 10.6 Å². The molecule has 0 spiro atoms. The molecular weight excluding hydrogens is 266 g/mol. The molecule has 6 heteroatoms. The molecule has 6 nitrogen and oxygen atoms in total. The van der Waals surface area contributed by atoms with Gasteiger partial charge in [0.2, 0.25) is 0 Å². The summed E-state index contributed by atoms with van der Waals surface area (Å²) in [5.74, 6) is 1.26. The number of urea groups is 1. The fourth-order valence-electron chi connectivity index (χ4n) is 3.65. The highest BCUT2D eigenvalue weighted by molar-refractivity contribution is 5.77. The van der Waals surface area contributed by atoms with E-state index in [0.717, 1.165) is 19.3 Å². The topological polar surface area (TPSA) is 115 Å². The zero-order valence-electron chi connectivity index (χ0n) is 12.1. The van der Waals surface area contributed by atoms with E-state index < -0.39 is 6.03 Å². The van der Waals surface area contributed by atoms with Crippen LogP contribution in [0.2, 0.25) is 0 Å². The quantitative estimate of drug-likeness (QED) is 0.672. The fraction of sp³-hybridized carbons (Fsp3) is 0.667. The molecule has 2 aliphatic rings.